The summed E-state index contributed by atoms with van der Waals surface area (Å²) in [7, 11) is -3.64. The first-order valence-electron chi connectivity index (χ1n) is 6.75. The Balaban J connectivity index is 0.00000441. The van der Waals surface area contributed by atoms with Gasteiger partial charge in [-0.1, -0.05) is 0 Å². The number of nitrogens with one attached hydrogen (secondary N) is 1. The molecule has 8 heteroatoms. The Morgan fingerprint density at radius 1 is 1.27 bits per heavy atom. The van der Waals surface area contributed by atoms with E-state index in [0.29, 0.717) is 13.0 Å². The zero-order valence-corrected chi connectivity index (χ0v) is 14.2. The Kier molecular flexibility index (Phi) is 8.58. The van der Waals surface area contributed by atoms with Gasteiger partial charge < -0.3 is 11.1 Å². The molecule has 0 aliphatic heterocycles. The first kappa shape index (κ1) is 20.8. The second kappa shape index (κ2) is 9.07. The standard InChI is InChI=1S/C14H21FN2O3S.ClH/c1-10(16)7-8-17-14(18)9-11(2)21(19,20)13-5-3-12(15)4-6-13;/h3-6,10-11H,7-9,16H2,1-2H3,(H,17,18);1H. The van der Waals surface area contributed by atoms with E-state index in [1.807, 2.05) is 6.92 Å². The lowest BCUT2D eigenvalue weighted by Crippen LogP contribution is -2.32. The SMILES string of the molecule is CC(N)CCNC(=O)CC(C)S(=O)(=O)c1ccc(F)cc1.Cl. The highest BCUT2D eigenvalue weighted by atomic mass is 35.5. The van der Waals surface area contributed by atoms with Gasteiger partial charge >= 0.3 is 0 Å². The van der Waals surface area contributed by atoms with Gasteiger partial charge in [0.15, 0.2) is 9.84 Å². The molecule has 0 saturated heterocycles. The smallest absolute Gasteiger partial charge is 0.221 e. The summed E-state index contributed by atoms with van der Waals surface area (Å²) in [6, 6.07) is 4.56. The third-order valence-corrected chi connectivity index (χ3v) is 5.22. The van der Waals surface area contributed by atoms with Gasteiger partial charge in [0.1, 0.15) is 5.82 Å². The van der Waals surface area contributed by atoms with Crippen LogP contribution in [-0.4, -0.2) is 32.2 Å². The monoisotopic (exact) mass is 352 g/mol. The van der Waals surface area contributed by atoms with Crippen LogP contribution in [0.4, 0.5) is 4.39 Å². The van der Waals surface area contributed by atoms with Gasteiger partial charge in [0.05, 0.1) is 10.1 Å². The summed E-state index contributed by atoms with van der Waals surface area (Å²) in [5.74, 6) is -0.843. The van der Waals surface area contributed by atoms with Gasteiger partial charge in [0.25, 0.3) is 0 Å². The minimum atomic E-state index is -3.64. The van der Waals surface area contributed by atoms with E-state index >= 15 is 0 Å². The lowest BCUT2D eigenvalue weighted by Gasteiger charge is -2.13. The molecule has 2 atom stereocenters. The van der Waals surface area contributed by atoms with E-state index in [1.54, 1.807) is 0 Å². The molecular formula is C14H22ClFN2O3S. The van der Waals surface area contributed by atoms with Crippen molar-refractivity contribution in [3.63, 3.8) is 0 Å². The van der Waals surface area contributed by atoms with Crippen molar-refractivity contribution >= 4 is 28.2 Å². The number of sulfone groups is 1. The molecule has 2 unspecified atom stereocenters. The lowest BCUT2D eigenvalue weighted by molar-refractivity contribution is -0.121. The normalized spacial score (nSPS) is 13.8. The number of hydrogen-bond acceptors (Lipinski definition) is 4. The fourth-order valence-corrected chi connectivity index (χ4v) is 3.09. The van der Waals surface area contributed by atoms with Crippen LogP contribution in [0.3, 0.4) is 0 Å². The quantitative estimate of drug-likeness (QED) is 0.730. The summed E-state index contributed by atoms with van der Waals surface area (Å²) in [4.78, 5) is 11.7. The average molecular weight is 353 g/mol. The predicted molar refractivity (Wildman–Crippen MR) is 86.2 cm³/mol. The lowest BCUT2D eigenvalue weighted by atomic mass is 10.2. The second-order valence-electron chi connectivity index (χ2n) is 5.13. The molecule has 22 heavy (non-hydrogen) atoms. The van der Waals surface area contributed by atoms with E-state index in [-0.39, 0.29) is 35.7 Å². The summed E-state index contributed by atoms with van der Waals surface area (Å²) in [5, 5.41) is 1.76. The summed E-state index contributed by atoms with van der Waals surface area (Å²) >= 11 is 0. The number of nitrogens with two attached hydrogens (primary N) is 1. The van der Waals surface area contributed by atoms with Gasteiger partial charge in [-0.2, -0.15) is 0 Å². The molecule has 126 valence electrons. The topological polar surface area (TPSA) is 89.3 Å². The van der Waals surface area contributed by atoms with Gasteiger partial charge in [-0.05, 0) is 44.5 Å². The maximum Gasteiger partial charge on any atom is 0.221 e. The highest BCUT2D eigenvalue weighted by molar-refractivity contribution is 7.92. The Labute approximate surface area is 136 Å². The summed E-state index contributed by atoms with van der Waals surface area (Å²) in [6.07, 6.45) is 0.490. The Bertz CT molecular complexity index is 576. The molecule has 0 aromatic heterocycles. The van der Waals surface area contributed by atoms with Crippen LogP contribution in [-0.2, 0) is 14.6 Å². The molecule has 0 bridgehead atoms. The van der Waals surface area contributed by atoms with Gasteiger partial charge in [-0.3, -0.25) is 4.79 Å². The fourth-order valence-electron chi connectivity index (χ4n) is 1.74. The number of hydrogen-bond donors (Lipinski definition) is 2. The number of rotatable bonds is 7. The van der Waals surface area contributed by atoms with Crippen LogP contribution in [0.2, 0.25) is 0 Å². The number of amides is 1. The zero-order valence-electron chi connectivity index (χ0n) is 12.6. The van der Waals surface area contributed by atoms with Crippen LogP contribution in [0.5, 0.6) is 0 Å². The molecular weight excluding hydrogens is 331 g/mol. The highest BCUT2D eigenvalue weighted by Gasteiger charge is 2.25. The van der Waals surface area contributed by atoms with Crippen LogP contribution < -0.4 is 11.1 Å². The van der Waals surface area contributed by atoms with E-state index in [2.05, 4.69) is 5.32 Å². The van der Waals surface area contributed by atoms with E-state index in [4.69, 9.17) is 5.73 Å². The van der Waals surface area contributed by atoms with E-state index in [0.717, 1.165) is 12.1 Å². The molecule has 1 rings (SSSR count). The molecule has 0 radical (unpaired) electrons. The third-order valence-electron chi connectivity index (χ3n) is 3.07. The molecule has 1 amide bonds. The molecule has 0 heterocycles. The van der Waals surface area contributed by atoms with Crippen molar-refractivity contribution in [2.75, 3.05) is 6.54 Å². The van der Waals surface area contributed by atoms with E-state index in [9.17, 15) is 17.6 Å². The summed E-state index contributed by atoms with van der Waals surface area (Å²) in [6.45, 7) is 3.71. The molecule has 0 aliphatic rings. The molecule has 1 aromatic carbocycles. The number of carbonyl (C=O) groups excluding carboxylic acids is 1. The van der Waals surface area contributed by atoms with Crippen molar-refractivity contribution in [3.8, 4) is 0 Å². The molecule has 0 spiro atoms. The van der Waals surface area contributed by atoms with Gasteiger partial charge in [-0.25, -0.2) is 12.8 Å². The molecule has 0 fully saturated rings. The van der Waals surface area contributed by atoms with Crippen LogP contribution in [0.25, 0.3) is 0 Å². The van der Waals surface area contributed by atoms with Crippen LogP contribution in [0.1, 0.15) is 26.7 Å². The molecule has 0 saturated carbocycles. The summed E-state index contributed by atoms with van der Waals surface area (Å²) in [5.41, 5.74) is 5.56. The number of halogens is 2. The Hall–Kier alpha value is -1.18. The van der Waals surface area contributed by atoms with Crippen molar-refractivity contribution in [3.05, 3.63) is 30.1 Å². The van der Waals surface area contributed by atoms with Crippen LogP contribution >= 0.6 is 12.4 Å². The minimum Gasteiger partial charge on any atom is -0.356 e. The maximum atomic E-state index is 12.8. The summed E-state index contributed by atoms with van der Waals surface area (Å²) < 4.78 is 37.3. The van der Waals surface area contributed by atoms with Gasteiger partial charge in [0.2, 0.25) is 5.91 Å². The van der Waals surface area contributed by atoms with Crippen molar-refractivity contribution < 1.29 is 17.6 Å². The molecule has 3 N–H and O–H groups in total. The fraction of sp³-hybridized carbons (Fsp3) is 0.500. The predicted octanol–water partition coefficient (Wildman–Crippen LogP) is 1.65. The van der Waals surface area contributed by atoms with Crippen molar-refractivity contribution in [2.24, 2.45) is 5.73 Å². The van der Waals surface area contributed by atoms with Crippen LogP contribution in [0.15, 0.2) is 29.2 Å². The van der Waals surface area contributed by atoms with Gasteiger partial charge in [0, 0.05) is 19.0 Å². The third kappa shape index (κ3) is 6.29. The maximum absolute atomic E-state index is 12.8. The Morgan fingerprint density at radius 3 is 2.32 bits per heavy atom. The minimum absolute atomic E-state index is 0. The zero-order chi connectivity index (χ0) is 16.0. The molecule has 0 aliphatic carbocycles. The number of benzene rings is 1. The Morgan fingerprint density at radius 2 is 1.82 bits per heavy atom. The van der Waals surface area contributed by atoms with E-state index in [1.165, 1.54) is 19.1 Å². The van der Waals surface area contributed by atoms with Gasteiger partial charge in [-0.15, -0.1) is 12.4 Å². The second-order valence-corrected chi connectivity index (χ2v) is 7.50. The first-order chi connectivity index (χ1) is 9.73. The highest BCUT2D eigenvalue weighted by Crippen LogP contribution is 2.18. The van der Waals surface area contributed by atoms with Crippen LogP contribution in [0, 0.1) is 5.82 Å². The molecule has 1 aromatic rings. The first-order valence-corrected chi connectivity index (χ1v) is 8.30. The van der Waals surface area contributed by atoms with Crippen molar-refractivity contribution in [1.82, 2.24) is 5.32 Å². The van der Waals surface area contributed by atoms with Crippen molar-refractivity contribution in [2.45, 2.75) is 42.9 Å². The van der Waals surface area contributed by atoms with Crippen molar-refractivity contribution in [1.29, 1.82) is 0 Å². The largest absolute Gasteiger partial charge is 0.356 e. The molecule has 5 nitrogen and oxygen atoms in total. The van der Waals surface area contributed by atoms with E-state index < -0.39 is 20.9 Å². The average Bonchev–Trinajstić information content (AvgIpc) is 2.38. The number of carbonyl (C=O) groups is 1.